The monoisotopic (exact) mass is 494 g/mol. The van der Waals surface area contributed by atoms with Crippen molar-refractivity contribution in [1.29, 1.82) is 0 Å². The first-order valence-corrected chi connectivity index (χ1v) is 11.5. The first-order chi connectivity index (χ1) is 17.6. The number of esters is 1. The highest BCUT2D eigenvalue weighted by atomic mass is 35.5. The maximum absolute atomic E-state index is 13.2. The second-order valence-electron chi connectivity index (χ2n) is 7.92. The Kier molecular flexibility index (Phi) is 6.69. The van der Waals surface area contributed by atoms with Crippen molar-refractivity contribution in [2.45, 2.75) is 6.10 Å². The van der Waals surface area contributed by atoms with Gasteiger partial charge in [0.1, 0.15) is 0 Å². The van der Waals surface area contributed by atoms with E-state index in [9.17, 15) is 9.59 Å². The lowest BCUT2D eigenvalue weighted by molar-refractivity contribution is 0.0280. The van der Waals surface area contributed by atoms with E-state index < -0.39 is 12.1 Å². The molecule has 36 heavy (non-hydrogen) atoms. The lowest BCUT2D eigenvalue weighted by Gasteiger charge is -2.18. The van der Waals surface area contributed by atoms with Crippen LogP contribution < -0.4 is 0 Å². The van der Waals surface area contributed by atoms with Crippen LogP contribution >= 0.6 is 11.6 Å². The summed E-state index contributed by atoms with van der Waals surface area (Å²) in [6.07, 6.45) is -1.12. The summed E-state index contributed by atoms with van der Waals surface area (Å²) >= 11 is 6.01. The molecule has 0 amide bonds. The predicted molar refractivity (Wildman–Crippen MR) is 136 cm³/mol. The quantitative estimate of drug-likeness (QED) is 0.182. The third-order valence-electron chi connectivity index (χ3n) is 5.51. The zero-order chi connectivity index (χ0) is 24.9. The molecule has 6 nitrogen and oxygen atoms in total. The Morgan fingerprint density at radius 3 is 1.83 bits per heavy atom. The van der Waals surface area contributed by atoms with Gasteiger partial charge in [-0.3, -0.25) is 4.79 Å². The molecule has 0 fully saturated rings. The normalized spacial score (nSPS) is 11.6. The molecule has 176 valence electrons. The summed E-state index contributed by atoms with van der Waals surface area (Å²) in [4.78, 5) is 26.2. The number of ketones is 1. The van der Waals surface area contributed by atoms with Crippen LogP contribution in [0.25, 0.3) is 22.9 Å². The molecule has 0 radical (unpaired) electrons. The Labute approximate surface area is 212 Å². The van der Waals surface area contributed by atoms with Crippen LogP contribution in [0.15, 0.2) is 114 Å². The standard InChI is InChI=1S/C29H19ClN2O4/c30-24-17-15-20(16-18-24)26(25(33)19-7-3-1-4-8-19)35-29(34)23-13-11-22(12-14-23)28-32-31-27(36-28)21-9-5-2-6-10-21/h1-18,26H. The molecule has 1 unspecified atom stereocenters. The molecule has 1 atom stereocenters. The Morgan fingerprint density at radius 1 is 0.667 bits per heavy atom. The number of halogens is 1. The third kappa shape index (κ3) is 5.09. The topological polar surface area (TPSA) is 82.3 Å². The second kappa shape index (κ2) is 10.4. The van der Waals surface area contributed by atoms with Gasteiger partial charge in [0, 0.05) is 27.3 Å². The molecule has 0 N–H and O–H groups in total. The van der Waals surface area contributed by atoms with E-state index in [1.807, 2.05) is 36.4 Å². The second-order valence-corrected chi connectivity index (χ2v) is 8.36. The molecular formula is C29H19ClN2O4. The van der Waals surface area contributed by atoms with Crippen molar-refractivity contribution < 1.29 is 18.7 Å². The lowest BCUT2D eigenvalue weighted by atomic mass is 9.99. The number of carbonyl (C=O) groups excluding carboxylic acids is 2. The van der Waals surface area contributed by atoms with Gasteiger partial charge < -0.3 is 9.15 Å². The number of hydrogen-bond donors (Lipinski definition) is 0. The van der Waals surface area contributed by atoms with Crippen molar-refractivity contribution in [3.63, 3.8) is 0 Å². The number of rotatable bonds is 7. The average molecular weight is 495 g/mol. The summed E-state index contributed by atoms with van der Waals surface area (Å²) in [5, 5.41) is 8.71. The molecular weight excluding hydrogens is 476 g/mol. The molecule has 0 aliphatic rings. The van der Waals surface area contributed by atoms with E-state index in [1.165, 1.54) is 0 Å². The smallest absolute Gasteiger partial charge is 0.339 e. The molecule has 4 aromatic carbocycles. The van der Waals surface area contributed by atoms with Gasteiger partial charge in [0.25, 0.3) is 0 Å². The van der Waals surface area contributed by atoms with E-state index in [1.54, 1.807) is 72.8 Å². The molecule has 7 heteroatoms. The molecule has 1 aromatic heterocycles. The zero-order valence-electron chi connectivity index (χ0n) is 18.9. The Bertz CT molecular complexity index is 1480. The Balaban J connectivity index is 1.36. The number of nitrogens with zero attached hydrogens (tertiary/aromatic N) is 2. The van der Waals surface area contributed by atoms with E-state index in [-0.39, 0.29) is 11.3 Å². The van der Waals surface area contributed by atoms with E-state index in [2.05, 4.69) is 10.2 Å². The van der Waals surface area contributed by atoms with Crippen molar-refractivity contribution >= 4 is 23.4 Å². The highest BCUT2D eigenvalue weighted by Crippen LogP contribution is 2.27. The molecule has 0 saturated heterocycles. The zero-order valence-corrected chi connectivity index (χ0v) is 19.6. The fourth-order valence-corrected chi connectivity index (χ4v) is 3.75. The molecule has 1 heterocycles. The summed E-state index contributed by atoms with van der Waals surface area (Å²) in [7, 11) is 0. The van der Waals surface area contributed by atoms with Crippen LogP contribution in [0.2, 0.25) is 5.02 Å². The van der Waals surface area contributed by atoms with Gasteiger partial charge in [0.15, 0.2) is 6.10 Å². The van der Waals surface area contributed by atoms with Crippen molar-refractivity contribution in [1.82, 2.24) is 10.2 Å². The molecule has 0 saturated carbocycles. The van der Waals surface area contributed by atoms with Crippen LogP contribution in [-0.2, 0) is 4.74 Å². The van der Waals surface area contributed by atoms with Gasteiger partial charge in [-0.2, -0.15) is 0 Å². The highest BCUT2D eigenvalue weighted by Gasteiger charge is 2.27. The van der Waals surface area contributed by atoms with Gasteiger partial charge in [-0.05, 0) is 48.5 Å². The first-order valence-electron chi connectivity index (χ1n) is 11.1. The fraction of sp³-hybridized carbons (Fsp3) is 0.0345. The number of aromatic nitrogens is 2. The van der Waals surface area contributed by atoms with E-state index in [0.29, 0.717) is 33.5 Å². The van der Waals surface area contributed by atoms with E-state index >= 15 is 0 Å². The Hall–Kier alpha value is -4.55. The van der Waals surface area contributed by atoms with Crippen LogP contribution in [-0.4, -0.2) is 21.9 Å². The van der Waals surface area contributed by atoms with Crippen LogP contribution in [0.3, 0.4) is 0 Å². The van der Waals surface area contributed by atoms with E-state index in [0.717, 1.165) is 5.56 Å². The SMILES string of the molecule is O=C(OC(C(=O)c1ccccc1)c1ccc(Cl)cc1)c1ccc(-c2nnc(-c3ccccc3)o2)cc1. The van der Waals surface area contributed by atoms with Crippen LogP contribution in [0, 0.1) is 0 Å². The molecule has 0 aliphatic heterocycles. The van der Waals surface area contributed by atoms with Crippen molar-refractivity contribution in [3.05, 3.63) is 131 Å². The number of benzene rings is 4. The van der Waals surface area contributed by atoms with Gasteiger partial charge in [-0.25, -0.2) is 4.79 Å². The summed E-state index contributed by atoms with van der Waals surface area (Å²) in [5.74, 6) is -0.241. The van der Waals surface area contributed by atoms with Crippen LogP contribution in [0.5, 0.6) is 0 Å². The minimum Gasteiger partial charge on any atom is -0.445 e. The number of hydrogen-bond acceptors (Lipinski definition) is 6. The fourth-order valence-electron chi connectivity index (χ4n) is 3.63. The van der Waals surface area contributed by atoms with Crippen LogP contribution in [0.1, 0.15) is 32.4 Å². The highest BCUT2D eigenvalue weighted by molar-refractivity contribution is 6.30. The molecule has 5 aromatic rings. The van der Waals surface area contributed by atoms with Gasteiger partial charge in [0.2, 0.25) is 17.6 Å². The summed E-state index contributed by atoms with van der Waals surface area (Å²) in [5.41, 5.74) is 2.70. The van der Waals surface area contributed by atoms with Gasteiger partial charge in [-0.15, -0.1) is 10.2 Å². The molecule has 0 spiro atoms. The Morgan fingerprint density at radius 2 is 1.22 bits per heavy atom. The summed E-state index contributed by atoms with van der Waals surface area (Å²) in [6, 6.07) is 31.3. The number of Topliss-reactive ketones (excluding diaryl/α,β-unsaturated/α-hetero) is 1. The lowest BCUT2D eigenvalue weighted by Crippen LogP contribution is -2.20. The largest absolute Gasteiger partial charge is 0.445 e. The minimum atomic E-state index is -1.12. The first kappa shape index (κ1) is 23.2. The maximum Gasteiger partial charge on any atom is 0.339 e. The average Bonchev–Trinajstić information content (AvgIpc) is 3.43. The van der Waals surface area contributed by atoms with Crippen molar-refractivity contribution in [3.8, 4) is 22.9 Å². The van der Waals surface area contributed by atoms with Crippen LogP contribution in [0.4, 0.5) is 0 Å². The minimum absolute atomic E-state index is 0.279. The number of ether oxygens (including phenoxy) is 1. The molecule has 5 rings (SSSR count). The maximum atomic E-state index is 13.2. The summed E-state index contributed by atoms with van der Waals surface area (Å²) in [6.45, 7) is 0. The summed E-state index contributed by atoms with van der Waals surface area (Å²) < 4.78 is 11.5. The third-order valence-corrected chi connectivity index (χ3v) is 5.76. The van der Waals surface area contributed by atoms with E-state index in [4.69, 9.17) is 20.8 Å². The van der Waals surface area contributed by atoms with Gasteiger partial charge in [-0.1, -0.05) is 72.3 Å². The molecule has 0 bridgehead atoms. The van der Waals surface area contributed by atoms with Crippen molar-refractivity contribution in [2.24, 2.45) is 0 Å². The van der Waals surface area contributed by atoms with Gasteiger partial charge >= 0.3 is 5.97 Å². The predicted octanol–water partition coefficient (Wildman–Crippen LogP) is 6.84. The van der Waals surface area contributed by atoms with Crippen molar-refractivity contribution in [2.75, 3.05) is 0 Å². The molecule has 0 aliphatic carbocycles. The number of carbonyl (C=O) groups is 2. The van der Waals surface area contributed by atoms with Gasteiger partial charge in [0.05, 0.1) is 5.56 Å².